The van der Waals surface area contributed by atoms with Gasteiger partial charge in [0.05, 0.1) is 11.7 Å². The second-order valence-corrected chi connectivity index (χ2v) is 4.49. The van der Waals surface area contributed by atoms with Gasteiger partial charge in [0.2, 0.25) is 0 Å². The molecule has 2 unspecified atom stereocenters. The molecule has 1 aliphatic heterocycles. The molecule has 0 amide bonds. The highest BCUT2D eigenvalue weighted by atomic mass is 16.6. The second-order valence-electron chi connectivity index (χ2n) is 4.49. The monoisotopic (exact) mass is 212 g/mol. The van der Waals surface area contributed by atoms with Crippen LogP contribution in [0.5, 0.6) is 0 Å². The molecule has 1 heteroatoms. The molecule has 0 aromatic rings. The second kappa shape index (κ2) is 7.05. The van der Waals surface area contributed by atoms with Gasteiger partial charge in [0.15, 0.2) is 0 Å². The molecule has 0 N–H and O–H groups in total. The van der Waals surface area contributed by atoms with Crippen molar-refractivity contribution in [1.29, 1.82) is 0 Å². The average Bonchev–Trinajstić information content (AvgIpc) is 2.92. The summed E-state index contributed by atoms with van der Waals surface area (Å²) < 4.78 is 5.40. The van der Waals surface area contributed by atoms with E-state index in [1.165, 1.54) is 24.8 Å². The van der Waals surface area contributed by atoms with Gasteiger partial charge in [-0.1, -0.05) is 39.3 Å². The lowest BCUT2D eigenvalue weighted by atomic mass is 10.0. The molecule has 2 atom stereocenters. The maximum absolute atomic E-state index is 5.40. The van der Waals surface area contributed by atoms with Crippen molar-refractivity contribution in [3.8, 4) is 0 Å². The lowest BCUT2D eigenvalue weighted by Gasteiger charge is -1.96. The number of rotatable bonds is 4. The third kappa shape index (κ3) is 5.36. The van der Waals surface area contributed by atoms with Crippen LogP contribution in [-0.2, 0) is 4.74 Å². The van der Waals surface area contributed by atoms with E-state index in [0.29, 0.717) is 6.10 Å². The van der Waals surface area contributed by atoms with Crippen molar-refractivity contribution in [1.82, 2.24) is 0 Å². The van der Waals surface area contributed by atoms with Crippen LogP contribution in [-0.4, -0.2) is 11.7 Å². The summed E-state index contributed by atoms with van der Waals surface area (Å²) in [7, 11) is 0. The lowest BCUT2D eigenvalue weighted by Crippen LogP contribution is -2.05. The molecular weight excluding hydrogens is 184 g/mol. The van der Waals surface area contributed by atoms with Gasteiger partial charge in [0, 0.05) is 0 Å². The van der Waals surface area contributed by atoms with Crippen LogP contribution < -0.4 is 0 Å². The van der Waals surface area contributed by atoms with Crippen molar-refractivity contribution in [2.45, 2.75) is 78.9 Å². The fourth-order valence-electron chi connectivity index (χ4n) is 1.61. The van der Waals surface area contributed by atoms with Crippen molar-refractivity contribution >= 4 is 0 Å². The third-order valence-electron chi connectivity index (χ3n) is 3.22. The van der Waals surface area contributed by atoms with Crippen LogP contribution in [0.25, 0.3) is 0 Å². The molecule has 90 valence electrons. The van der Waals surface area contributed by atoms with Crippen LogP contribution in [0.1, 0.15) is 67.2 Å². The smallest absolute Gasteiger partial charge is 0.0917 e. The molecule has 1 aliphatic rings. The summed E-state index contributed by atoms with van der Waals surface area (Å²) in [6, 6.07) is 0. The Labute approximate surface area is 95.9 Å². The Balaban J connectivity index is 0.000000265. The van der Waals surface area contributed by atoms with Gasteiger partial charge in [-0.05, 0) is 39.5 Å². The van der Waals surface area contributed by atoms with Gasteiger partial charge in [-0.25, -0.2) is 0 Å². The minimum Gasteiger partial charge on any atom is -0.366 e. The van der Waals surface area contributed by atoms with E-state index in [0.717, 1.165) is 6.42 Å². The Hall–Kier alpha value is -0.300. The first-order valence-electron chi connectivity index (χ1n) is 6.37. The van der Waals surface area contributed by atoms with Gasteiger partial charge in [0.25, 0.3) is 0 Å². The first-order valence-corrected chi connectivity index (χ1v) is 6.37. The molecule has 1 fully saturated rings. The van der Waals surface area contributed by atoms with Crippen molar-refractivity contribution in [3.05, 3.63) is 11.6 Å². The molecule has 0 aliphatic carbocycles. The Bertz CT molecular complexity index is 196. The Kier molecular flexibility index (Phi) is 6.91. The zero-order valence-corrected chi connectivity index (χ0v) is 11.4. The van der Waals surface area contributed by atoms with Crippen molar-refractivity contribution in [3.63, 3.8) is 0 Å². The van der Waals surface area contributed by atoms with E-state index in [9.17, 15) is 0 Å². The van der Waals surface area contributed by atoms with E-state index in [4.69, 9.17) is 4.74 Å². The van der Waals surface area contributed by atoms with Gasteiger partial charge in [0.1, 0.15) is 0 Å². The van der Waals surface area contributed by atoms with Crippen LogP contribution in [0.15, 0.2) is 11.6 Å². The number of ether oxygens (including phenoxy) is 1. The first-order chi connectivity index (χ1) is 7.03. The molecule has 0 bridgehead atoms. The lowest BCUT2D eigenvalue weighted by molar-refractivity contribution is 0.301. The summed E-state index contributed by atoms with van der Waals surface area (Å²) >= 11 is 0. The van der Waals surface area contributed by atoms with Gasteiger partial charge in [-0.15, -0.1) is 0 Å². The van der Waals surface area contributed by atoms with Gasteiger partial charge in [-0.2, -0.15) is 0 Å². The van der Waals surface area contributed by atoms with E-state index in [2.05, 4.69) is 47.6 Å². The molecule has 1 nitrogen and oxygen atoms in total. The minimum absolute atomic E-state index is 0.259. The predicted octanol–water partition coefficient (Wildman–Crippen LogP) is 4.72. The molecule has 1 rings (SSSR count). The quantitative estimate of drug-likeness (QED) is 0.485. The fraction of sp³-hybridized carbons (Fsp3) is 0.857. The third-order valence-corrected chi connectivity index (χ3v) is 3.22. The minimum atomic E-state index is 0.259. The molecule has 0 spiro atoms. The highest BCUT2D eigenvalue weighted by Crippen LogP contribution is 2.40. The van der Waals surface area contributed by atoms with Gasteiger partial charge in [-0.3, -0.25) is 0 Å². The number of hydrogen-bond acceptors (Lipinski definition) is 1. The number of hydrogen-bond donors (Lipinski definition) is 0. The summed E-state index contributed by atoms with van der Waals surface area (Å²) in [6.07, 6.45) is 7.54. The normalized spacial score (nSPS) is 29.5. The summed E-state index contributed by atoms with van der Waals surface area (Å²) in [5.74, 6) is 0. The molecule has 1 saturated heterocycles. The number of allylic oxidation sites excluding steroid dienone is 2. The molecule has 1 heterocycles. The molecular formula is C14H28O. The Morgan fingerprint density at radius 2 is 1.87 bits per heavy atom. The van der Waals surface area contributed by atoms with E-state index in [1.54, 1.807) is 0 Å². The largest absolute Gasteiger partial charge is 0.366 e. The zero-order valence-electron chi connectivity index (χ0n) is 11.4. The van der Waals surface area contributed by atoms with Gasteiger partial charge >= 0.3 is 0 Å². The topological polar surface area (TPSA) is 12.5 Å². The fourth-order valence-corrected chi connectivity index (χ4v) is 1.61. The summed E-state index contributed by atoms with van der Waals surface area (Å²) in [4.78, 5) is 0. The van der Waals surface area contributed by atoms with Crippen molar-refractivity contribution in [2.75, 3.05) is 0 Å². The van der Waals surface area contributed by atoms with Crippen LogP contribution in [0.3, 0.4) is 0 Å². The maximum atomic E-state index is 5.40. The molecule has 0 aromatic heterocycles. The SMILES string of the molecule is CCC1OC1(C)CC.CCC=C(C)CC. The van der Waals surface area contributed by atoms with E-state index in [-0.39, 0.29) is 5.60 Å². The van der Waals surface area contributed by atoms with E-state index < -0.39 is 0 Å². The van der Waals surface area contributed by atoms with Crippen LogP contribution >= 0.6 is 0 Å². The molecule has 0 aromatic carbocycles. The average molecular weight is 212 g/mol. The number of epoxide rings is 1. The summed E-state index contributed by atoms with van der Waals surface area (Å²) in [5.41, 5.74) is 1.76. The molecule has 0 saturated carbocycles. The van der Waals surface area contributed by atoms with Crippen molar-refractivity contribution < 1.29 is 4.74 Å². The van der Waals surface area contributed by atoms with Crippen LogP contribution in [0.4, 0.5) is 0 Å². The van der Waals surface area contributed by atoms with Crippen LogP contribution in [0.2, 0.25) is 0 Å². The zero-order chi connectivity index (χ0) is 11.9. The Morgan fingerprint density at radius 3 is 2.00 bits per heavy atom. The highest BCUT2D eigenvalue weighted by Gasteiger charge is 2.48. The highest BCUT2D eigenvalue weighted by molar-refractivity contribution is 4.96. The molecule has 0 radical (unpaired) electrons. The summed E-state index contributed by atoms with van der Waals surface area (Å²) in [6.45, 7) is 13.0. The maximum Gasteiger partial charge on any atom is 0.0917 e. The molecule has 15 heavy (non-hydrogen) atoms. The van der Waals surface area contributed by atoms with Crippen molar-refractivity contribution in [2.24, 2.45) is 0 Å². The van der Waals surface area contributed by atoms with E-state index >= 15 is 0 Å². The van der Waals surface area contributed by atoms with Gasteiger partial charge < -0.3 is 4.74 Å². The van der Waals surface area contributed by atoms with E-state index in [1.807, 2.05) is 0 Å². The Morgan fingerprint density at radius 1 is 1.27 bits per heavy atom. The van der Waals surface area contributed by atoms with Crippen LogP contribution in [0, 0.1) is 0 Å². The predicted molar refractivity (Wildman–Crippen MR) is 68.2 cm³/mol. The first kappa shape index (κ1) is 14.7. The summed E-state index contributed by atoms with van der Waals surface area (Å²) in [5, 5.41) is 0. The standard InChI is InChI=1S/C7H14O.C7H14/c1-4-6-7(3,5-2)8-6;1-4-6-7(3)5-2/h6H,4-5H2,1-3H3;6H,4-5H2,1-3H3.